The number of carbonyl (C=O) groups excluding carboxylic acids is 1. The van der Waals surface area contributed by atoms with Crippen LogP contribution in [0, 0.1) is 0 Å². The molecule has 148 valence electrons. The number of allylic oxidation sites excluding steroid dienone is 1. The van der Waals surface area contributed by atoms with E-state index in [0.29, 0.717) is 11.1 Å². The van der Waals surface area contributed by atoms with Crippen LogP contribution >= 0.6 is 11.8 Å². The van der Waals surface area contributed by atoms with E-state index in [0.717, 1.165) is 28.7 Å². The summed E-state index contributed by atoms with van der Waals surface area (Å²) in [5.41, 5.74) is 0.908. The fraction of sp³-hybridized carbons (Fsp3) is 0.318. The lowest BCUT2D eigenvalue weighted by Crippen LogP contribution is -2.23. The third-order valence-corrected chi connectivity index (χ3v) is 6.03. The number of hydrogen-bond acceptors (Lipinski definition) is 3. The Labute approximate surface area is 166 Å². The summed E-state index contributed by atoms with van der Waals surface area (Å²) >= 11 is 1.68. The molecule has 0 saturated heterocycles. The summed E-state index contributed by atoms with van der Waals surface area (Å²) in [5.74, 6) is 0.439. The van der Waals surface area contributed by atoms with E-state index >= 15 is 0 Å². The molecule has 0 fully saturated rings. The number of ether oxygens (including phenoxy) is 1. The quantitative estimate of drug-likeness (QED) is 0.439. The zero-order valence-electron chi connectivity index (χ0n) is 15.9. The highest BCUT2D eigenvalue weighted by atomic mass is 32.2. The van der Waals surface area contributed by atoms with Gasteiger partial charge in [0.15, 0.2) is 0 Å². The molecule has 1 aliphatic rings. The Hall–Kier alpha value is -2.21. The van der Waals surface area contributed by atoms with Crippen molar-refractivity contribution in [1.29, 1.82) is 0 Å². The molecule has 0 amide bonds. The van der Waals surface area contributed by atoms with E-state index in [2.05, 4.69) is 18.6 Å². The summed E-state index contributed by atoms with van der Waals surface area (Å²) in [6.07, 6.45) is -2.46. The number of thioether (sulfide) groups is 1. The van der Waals surface area contributed by atoms with Crippen LogP contribution in [0.5, 0.6) is 0 Å². The Bertz CT molecular complexity index is 912. The predicted molar refractivity (Wildman–Crippen MR) is 107 cm³/mol. The normalized spacial score (nSPS) is 16.4. The fourth-order valence-corrected chi connectivity index (χ4v) is 4.72. The van der Waals surface area contributed by atoms with Crippen molar-refractivity contribution in [2.75, 3.05) is 12.9 Å². The van der Waals surface area contributed by atoms with Crippen molar-refractivity contribution in [1.82, 2.24) is 0 Å². The lowest BCUT2D eigenvalue weighted by atomic mass is 9.80. The number of hydrogen-bond donors (Lipinski definition) is 0. The Morgan fingerprint density at radius 3 is 2.36 bits per heavy atom. The molecular formula is C22H21F3O2S. The third kappa shape index (κ3) is 4.27. The van der Waals surface area contributed by atoms with E-state index in [1.165, 1.54) is 37.4 Å². The maximum Gasteiger partial charge on any atom is 0.417 e. The second-order valence-electron chi connectivity index (χ2n) is 7.36. The molecule has 28 heavy (non-hydrogen) atoms. The van der Waals surface area contributed by atoms with Gasteiger partial charge in [0.05, 0.1) is 18.2 Å². The molecule has 3 rings (SSSR count). The Balaban J connectivity index is 2.05. The lowest BCUT2D eigenvalue weighted by Gasteiger charge is -2.32. The number of methoxy groups -OCH3 is 1. The van der Waals surface area contributed by atoms with Crippen molar-refractivity contribution in [3.8, 4) is 0 Å². The van der Waals surface area contributed by atoms with Gasteiger partial charge in [0.1, 0.15) is 0 Å². The van der Waals surface area contributed by atoms with Crippen molar-refractivity contribution in [3.63, 3.8) is 0 Å². The van der Waals surface area contributed by atoms with Crippen molar-refractivity contribution >= 4 is 29.4 Å². The zero-order chi connectivity index (χ0) is 20.5. The van der Waals surface area contributed by atoms with Crippen LogP contribution in [0.3, 0.4) is 0 Å². The van der Waals surface area contributed by atoms with Crippen molar-refractivity contribution in [2.24, 2.45) is 0 Å². The Morgan fingerprint density at radius 1 is 1.11 bits per heavy atom. The van der Waals surface area contributed by atoms with E-state index in [1.54, 1.807) is 23.9 Å². The van der Waals surface area contributed by atoms with Gasteiger partial charge in [0.25, 0.3) is 0 Å². The van der Waals surface area contributed by atoms with Crippen LogP contribution < -0.4 is 0 Å². The molecule has 1 heterocycles. The highest BCUT2D eigenvalue weighted by Crippen LogP contribution is 2.44. The third-order valence-electron chi connectivity index (χ3n) is 4.95. The maximum atomic E-state index is 13.8. The van der Waals surface area contributed by atoms with Gasteiger partial charge in [-0.1, -0.05) is 32.0 Å². The fourth-order valence-electron chi connectivity index (χ4n) is 3.23. The van der Waals surface area contributed by atoms with Crippen molar-refractivity contribution in [2.45, 2.75) is 36.8 Å². The maximum absolute atomic E-state index is 13.8. The first-order chi connectivity index (χ1) is 13.1. The van der Waals surface area contributed by atoms with Crippen LogP contribution in [0.2, 0.25) is 0 Å². The predicted octanol–water partition coefficient (Wildman–Crippen LogP) is 6.35. The van der Waals surface area contributed by atoms with Gasteiger partial charge in [-0.2, -0.15) is 13.2 Å². The van der Waals surface area contributed by atoms with E-state index in [9.17, 15) is 18.0 Å². The second kappa shape index (κ2) is 7.66. The van der Waals surface area contributed by atoms with Crippen molar-refractivity contribution in [3.05, 3.63) is 64.7 Å². The Kier molecular flexibility index (Phi) is 5.62. The number of esters is 1. The molecule has 0 radical (unpaired) electrons. The van der Waals surface area contributed by atoms with E-state index in [1.807, 2.05) is 0 Å². The minimum absolute atomic E-state index is 0.152. The van der Waals surface area contributed by atoms with Crippen LogP contribution in [-0.2, 0) is 10.2 Å². The largest absolute Gasteiger partial charge is 0.465 e. The molecule has 1 aliphatic heterocycles. The summed E-state index contributed by atoms with van der Waals surface area (Å²) < 4.78 is 46.1. The van der Waals surface area contributed by atoms with Gasteiger partial charge in [-0.3, -0.25) is 0 Å². The summed E-state index contributed by atoms with van der Waals surface area (Å²) in [7, 11) is 1.26. The molecule has 0 aliphatic carbocycles. The molecule has 0 atom stereocenters. The first-order valence-electron chi connectivity index (χ1n) is 8.87. The molecular weight excluding hydrogens is 385 g/mol. The Morgan fingerprint density at radius 2 is 1.75 bits per heavy atom. The molecule has 0 unspecified atom stereocenters. The number of rotatable bonds is 3. The van der Waals surface area contributed by atoms with Gasteiger partial charge in [0, 0.05) is 4.90 Å². The van der Waals surface area contributed by atoms with Gasteiger partial charge in [-0.05, 0) is 64.6 Å². The number of fused-ring (bicyclic) bond motifs is 1. The highest BCUT2D eigenvalue weighted by molar-refractivity contribution is 7.99. The van der Waals surface area contributed by atoms with Crippen LogP contribution in [0.1, 0.15) is 47.3 Å². The summed E-state index contributed by atoms with van der Waals surface area (Å²) in [6, 6.07) is 10.9. The zero-order valence-corrected chi connectivity index (χ0v) is 16.7. The van der Waals surface area contributed by atoms with Crippen LogP contribution in [0.4, 0.5) is 13.2 Å². The van der Waals surface area contributed by atoms with Gasteiger partial charge < -0.3 is 4.74 Å². The van der Waals surface area contributed by atoms with Crippen molar-refractivity contribution < 1.29 is 22.7 Å². The van der Waals surface area contributed by atoms with Gasteiger partial charge in [-0.15, -0.1) is 11.8 Å². The molecule has 0 spiro atoms. The molecule has 2 aromatic rings. The number of benzene rings is 2. The summed E-state index contributed by atoms with van der Waals surface area (Å²) in [4.78, 5) is 12.6. The van der Waals surface area contributed by atoms with E-state index in [4.69, 9.17) is 0 Å². The first kappa shape index (κ1) is 20.5. The number of halogens is 3. The topological polar surface area (TPSA) is 26.3 Å². The molecule has 0 N–H and O–H groups in total. The van der Waals surface area contributed by atoms with Gasteiger partial charge in [-0.25, -0.2) is 4.79 Å². The monoisotopic (exact) mass is 406 g/mol. The summed E-state index contributed by atoms with van der Waals surface area (Å²) in [5, 5.41) is 0. The first-order valence-corrected chi connectivity index (χ1v) is 9.85. The molecule has 0 aromatic heterocycles. The molecule has 6 heteroatoms. The average molecular weight is 406 g/mol. The van der Waals surface area contributed by atoms with Crippen LogP contribution in [0.25, 0.3) is 11.6 Å². The summed E-state index contributed by atoms with van der Waals surface area (Å²) in [6.45, 7) is 4.13. The lowest BCUT2D eigenvalue weighted by molar-refractivity contribution is -0.0683. The van der Waals surface area contributed by atoms with Crippen LogP contribution in [0.15, 0.2) is 47.4 Å². The average Bonchev–Trinajstić information content (AvgIpc) is 2.65. The SMILES string of the molecule is COC(=O)c1ccc(/C=C(\c2ccc3c(c2)C(C)(C)CCS3)C(F)(F)F)cc1. The molecule has 0 saturated carbocycles. The van der Waals surface area contributed by atoms with Crippen LogP contribution in [-0.4, -0.2) is 25.0 Å². The molecule has 0 bridgehead atoms. The van der Waals surface area contributed by atoms with Gasteiger partial charge >= 0.3 is 12.1 Å². The minimum atomic E-state index is -4.50. The van der Waals surface area contributed by atoms with E-state index in [-0.39, 0.29) is 11.0 Å². The smallest absolute Gasteiger partial charge is 0.417 e. The number of carbonyl (C=O) groups is 1. The van der Waals surface area contributed by atoms with E-state index < -0.39 is 17.7 Å². The highest BCUT2D eigenvalue weighted by Gasteiger charge is 2.36. The minimum Gasteiger partial charge on any atom is -0.465 e. The number of alkyl halides is 3. The molecule has 2 nitrogen and oxygen atoms in total. The van der Waals surface area contributed by atoms with Gasteiger partial charge in [0.2, 0.25) is 0 Å². The second-order valence-corrected chi connectivity index (χ2v) is 8.50. The standard InChI is InChI=1S/C22H21F3O2S/c1-21(2)10-11-28-19-9-8-16(13-18(19)21)17(22(23,24)25)12-14-4-6-15(7-5-14)20(26)27-3/h4-9,12-13H,10-11H2,1-3H3/b17-12+. The molecule has 2 aromatic carbocycles.